The molecule has 0 saturated carbocycles. The molecule has 0 atom stereocenters. The van der Waals surface area contributed by atoms with Crippen LogP contribution in [0.4, 0.5) is 0 Å². The molecule has 10 aromatic rings. The Balaban J connectivity index is 1.32. The maximum atomic E-state index is 6.90. The van der Waals surface area contributed by atoms with Crippen LogP contribution >= 0.6 is 0 Å². The van der Waals surface area contributed by atoms with E-state index < -0.39 is 0 Å². The second kappa shape index (κ2) is 9.70. The van der Waals surface area contributed by atoms with Crippen molar-refractivity contribution in [1.82, 2.24) is 0 Å². The Morgan fingerprint density at radius 2 is 1.08 bits per heavy atom. The molecule has 2 nitrogen and oxygen atoms in total. The largest absolute Gasteiger partial charge is 0.456 e. The minimum Gasteiger partial charge on any atom is -0.456 e. The summed E-state index contributed by atoms with van der Waals surface area (Å²) < 4.78 is 13.8. The Bertz CT molecular complexity index is 2950. The predicted octanol–water partition coefficient (Wildman–Crippen LogP) is 13.2. The third kappa shape index (κ3) is 3.52. The highest BCUT2D eigenvalue weighted by atomic mass is 16.3. The van der Waals surface area contributed by atoms with Crippen LogP contribution in [0, 0.1) is 0 Å². The zero-order chi connectivity index (χ0) is 31.3. The van der Waals surface area contributed by atoms with Crippen molar-refractivity contribution in [2.45, 2.75) is 12.8 Å². The molecule has 0 spiro atoms. The van der Waals surface area contributed by atoms with Gasteiger partial charge in [0, 0.05) is 32.8 Å². The second-order valence-corrected chi connectivity index (χ2v) is 13.1. The van der Waals surface area contributed by atoms with E-state index in [4.69, 9.17) is 8.83 Å². The van der Waals surface area contributed by atoms with Crippen LogP contribution < -0.4 is 0 Å². The molecule has 2 heterocycles. The first kappa shape index (κ1) is 26.0. The summed E-state index contributed by atoms with van der Waals surface area (Å²) in [6.45, 7) is 0. The van der Waals surface area contributed by atoms with Crippen molar-refractivity contribution in [2.24, 2.45) is 0 Å². The first-order valence-corrected chi connectivity index (χ1v) is 16.7. The van der Waals surface area contributed by atoms with E-state index in [9.17, 15) is 0 Å². The highest BCUT2D eigenvalue weighted by Crippen LogP contribution is 2.50. The molecule has 11 rings (SSSR count). The Hall–Kier alpha value is -6.12. The number of hydrogen-bond acceptors (Lipinski definition) is 2. The van der Waals surface area contributed by atoms with E-state index in [1.807, 2.05) is 0 Å². The Labute approximate surface area is 276 Å². The molecule has 0 aliphatic heterocycles. The monoisotopic (exact) mass is 612 g/mol. The molecule has 48 heavy (non-hydrogen) atoms. The summed E-state index contributed by atoms with van der Waals surface area (Å²) in [4.78, 5) is 0. The first-order valence-electron chi connectivity index (χ1n) is 16.7. The van der Waals surface area contributed by atoms with Crippen molar-refractivity contribution >= 4 is 82.1 Å². The van der Waals surface area contributed by atoms with Gasteiger partial charge in [-0.2, -0.15) is 0 Å². The normalized spacial score (nSPS) is 13.2. The Morgan fingerprint density at radius 3 is 1.85 bits per heavy atom. The lowest BCUT2D eigenvalue weighted by Crippen LogP contribution is -1.92. The molecule has 2 aromatic heterocycles. The van der Waals surface area contributed by atoms with E-state index in [-0.39, 0.29) is 0 Å². The van der Waals surface area contributed by atoms with Gasteiger partial charge in [0.05, 0.1) is 5.39 Å². The third-order valence-electron chi connectivity index (χ3n) is 10.5. The van der Waals surface area contributed by atoms with E-state index >= 15 is 0 Å². The number of hydrogen-bond donors (Lipinski definition) is 0. The van der Waals surface area contributed by atoms with Crippen LogP contribution in [0.3, 0.4) is 0 Å². The average molecular weight is 613 g/mol. The van der Waals surface area contributed by atoms with Gasteiger partial charge in [0.15, 0.2) is 0 Å². The van der Waals surface area contributed by atoms with Crippen molar-refractivity contribution in [3.8, 4) is 22.3 Å². The second-order valence-electron chi connectivity index (χ2n) is 13.1. The van der Waals surface area contributed by atoms with Crippen LogP contribution in [-0.4, -0.2) is 0 Å². The lowest BCUT2D eigenvalue weighted by Gasteiger charge is -2.18. The van der Waals surface area contributed by atoms with Gasteiger partial charge in [0.1, 0.15) is 22.5 Å². The van der Waals surface area contributed by atoms with Gasteiger partial charge in [-0.3, -0.25) is 0 Å². The van der Waals surface area contributed by atoms with E-state index in [0.29, 0.717) is 0 Å². The third-order valence-corrected chi connectivity index (χ3v) is 10.5. The molecule has 0 fully saturated rings. The van der Waals surface area contributed by atoms with Gasteiger partial charge in [-0.25, -0.2) is 0 Å². The summed E-state index contributed by atoms with van der Waals surface area (Å²) in [6, 6.07) is 48.5. The summed E-state index contributed by atoms with van der Waals surface area (Å²) in [5.74, 6) is 0.941. The molecule has 0 bridgehead atoms. The number of fused-ring (bicyclic) bond motifs is 12. The highest BCUT2D eigenvalue weighted by Gasteiger charge is 2.27. The Kier molecular flexibility index (Phi) is 5.25. The molecule has 8 aromatic carbocycles. The van der Waals surface area contributed by atoms with Gasteiger partial charge < -0.3 is 8.83 Å². The number of rotatable bonds is 2. The molecular formula is C46H28O2. The molecule has 0 N–H and O–H groups in total. The van der Waals surface area contributed by atoms with Crippen LogP contribution in [0.1, 0.15) is 17.7 Å². The molecule has 0 unspecified atom stereocenters. The van der Waals surface area contributed by atoms with Gasteiger partial charge in [0.25, 0.3) is 0 Å². The maximum absolute atomic E-state index is 6.90. The van der Waals surface area contributed by atoms with Gasteiger partial charge in [-0.1, -0.05) is 121 Å². The summed E-state index contributed by atoms with van der Waals surface area (Å²) in [6.07, 6.45) is 6.28. The molecule has 0 radical (unpaired) electrons. The van der Waals surface area contributed by atoms with Gasteiger partial charge in [-0.05, 0) is 85.9 Å². The average Bonchev–Trinajstić information content (AvgIpc) is 3.72. The van der Waals surface area contributed by atoms with Gasteiger partial charge >= 0.3 is 0 Å². The molecule has 2 heteroatoms. The number of benzene rings is 8. The standard InChI is InChI=1S/C46H28O2/c1-2-13-29-25-30(22-21-27(29)11-1)41-32-15-5-7-17-34(32)42(35-18-8-6-16-33(35)41)39-26-38-36-24-23-28-12-3-4-14-31(28)44(36)48-45(38)43-37-19-9-10-20-40(37)47-46(39)43/h1-8,10-18,20-26H,9,19H2. The molecule has 1 aliphatic rings. The zero-order valence-corrected chi connectivity index (χ0v) is 26.1. The predicted molar refractivity (Wildman–Crippen MR) is 202 cm³/mol. The van der Waals surface area contributed by atoms with E-state index in [2.05, 4.69) is 146 Å². The van der Waals surface area contributed by atoms with Gasteiger partial charge in [-0.15, -0.1) is 0 Å². The number of allylic oxidation sites excluding steroid dienone is 1. The van der Waals surface area contributed by atoms with Gasteiger partial charge in [0.2, 0.25) is 0 Å². The van der Waals surface area contributed by atoms with Crippen LogP contribution in [-0.2, 0) is 6.42 Å². The summed E-state index contributed by atoms with van der Waals surface area (Å²) in [7, 11) is 0. The fourth-order valence-corrected chi connectivity index (χ4v) is 8.36. The van der Waals surface area contributed by atoms with E-state index in [1.165, 1.54) is 60.0 Å². The molecule has 224 valence electrons. The fourth-order valence-electron chi connectivity index (χ4n) is 8.36. The SMILES string of the molecule is C1=Cc2oc3c(-c4c5ccccc5c(-c5ccc6ccccc6c5)c5ccccc45)cc4c5ccc6ccccc6c5oc4c3c2CC1. The maximum Gasteiger partial charge on any atom is 0.146 e. The lowest BCUT2D eigenvalue weighted by molar-refractivity contribution is 0.596. The van der Waals surface area contributed by atoms with E-state index in [1.54, 1.807) is 0 Å². The minimum atomic E-state index is 0.899. The summed E-state index contributed by atoms with van der Waals surface area (Å²) >= 11 is 0. The van der Waals surface area contributed by atoms with Crippen LogP contribution in [0.15, 0.2) is 148 Å². The van der Waals surface area contributed by atoms with E-state index in [0.717, 1.165) is 62.5 Å². The summed E-state index contributed by atoms with van der Waals surface area (Å²) in [5, 5.41) is 13.1. The quantitative estimate of drug-likeness (QED) is 0.182. The molecule has 1 aliphatic carbocycles. The van der Waals surface area contributed by atoms with Crippen molar-refractivity contribution < 1.29 is 8.83 Å². The first-order chi connectivity index (χ1) is 23.8. The molecule has 0 saturated heterocycles. The van der Waals surface area contributed by atoms with Crippen molar-refractivity contribution in [1.29, 1.82) is 0 Å². The van der Waals surface area contributed by atoms with Crippen LogP contribution in [0.5, 0.6) is 0 Å². The lowest BCUT2D eigenvalue weighted by atomic mass is 9.84. The highest BCUT2D eigenvalue weighted by molar-refractivity contribution is 6.28. The van der Waals surface area contributed by atoms with Crippen molar-refractivity contribution in [3.63, 3.8) is 0 Å². The molecular weight excluding hydrogens is 585 g/mol. The fraction of sp³-hybridized carbons (Fsp3) is 0.0435. The minimum absolute atomic E-state index is 0.899. The summed E-state index contributed by atoms with van der Waals surface area (Å²) in [5.41, 5.74) is 8.78. The Morgan fingerprint density at radius 1 is 0.438 bits per heavy atom. The number of furan rings is 2. The zero-order valence-electron chi connectivity index (χ0n) is 26.1. The smallest absolute Gasteiger partial charge is 0.146 e. The van der Waals surface area contributed by atoms with Crippen molar-refractivity contribution in [2.75, 3.05) is 0 Å². The van der Waals surface area contributed by atoms with Crippen LogP contribution in [0.25, 0.3) is 104 Å². The molecule has 0 amide bonds. The van der Waals surface area contributed by atoms with Crippen molar-refractivity contribution in [3.05, 3.63) is 151 Å². The number of aryl methyl sites for hydroxylation is 1. The van der Waals surface area contributed by atoms with Crippen LogP contribution in [0.2, 0.25) is 0 Å². The topological polar surface area (TPSA) is 26.3 Å².